The first-order chi connectivity index (χ1) is 13.3. The second kappa shape index (κ2) is 7.04. The molecular weight excluding hydrogens is 440 g/mol. The van der Waals surface area contributed by atoms with Crippen molar-refractivity contribution in [3.63, 3.8) is 0 Å². The molecule has 0 radical (unpaired) electrons. The predicted molar refractivity (Wildman–Crippen MR) is 115 cm³/mol. The molecule has 146 valence electrons. The molecule has 4 rings (SSSR count). The molecule has 5 nitrogen and oxygen atoms in total. The van der Waals surface area contributed by atoms with Crippen LogP contribution in [0.1, 0.15) is 31.0 Å². The van der Waals surface area contributed by atoms with Crippen molar-refractivity contribution in [2.24, 2.45) is 5.92 Å². The van der Waals surface area contributed by atoms with Crippen LogP contribution in [-0.2, 0) is 9.53 Å². The molecule has 28 heavy (non-hydrogen) atoms. The zero-order chi connectivity index (χ0) is 20.1. The van der Waals surface area contributed by atoms with Crippen LogP contribution >= 0.6 is 28.1 Å². The van der Waals surface area contributed by atoms with Crippen molar-refractivity contribution in [1.29, 1.82) is 0 Å². The Morgan fingerprint density at radius 2 is 2.14 bits per heavy atom. The average Bonchev–Trinajstić information content (AvgIpc) is 2.62. The van der Waals surface area contributed by atoms with E-state index >= 15 is 0 Å². The summed E-state index contributed by atoms with van der Waals surface area (Å²) in [5.41, 5.74) is 1.83. The molecule has 0 unspecified atom stereocenters. The van der Waals surface area contributed by atoms with E-state index in [1.165, 1.54) is 0 Å². The molecule has 0 amide bonds. The van der Waals surface area contributed by atoms with Crippen LogP contribution in [0.5, 0.6) is 5.75 Å². The first kappa shape index (κ1) is 19.2. The zero-order valence-corrected chi connectivity index (χ0v) is 18.3. The summed E-state index contributed by atoms with van der Waals surface area (Å²) >= 11 is 9.23. The van der Waals surface area contributed by atoms with E-state index < -0.39 is 11.6 Å². The van der Waals surface area contributed by atoms with Gasteiger partial charge in [-0.3, -0.25) is 9.69 Å². The van der Waals surface area contributed by atoms with E-state index in [1.54, 1.807) is 6.92 Å². The van der Waals surface area contributed by atoms with Gasteiger partial charge in [-0.1, -0.05) is 28.1 Å². The minimum Gasteiger partial charge on any atom is -0.466 e. The number of anilines is 1. The summed E-state index contributed by atoms with van der Waals surface area (Å²) in [5, 5.41) is 3.89. The van der Waals surface area contributed by atoms with E-state index in [0.717, 1.165) is 27.0 Å². The molecule has 2 aliphatic heterocycles. The van der Waals surface area contributed by atoms with E-state index in [9.17, 15) is 4.79 Å². The maximum absolute atomic E-state index is 13.0. The van der Waals surface area contributed by atoms with Gasteiger partial charge >= 0.3 is 5.97 Å². The van der Waals surface area contributed by atoms with Gasteiger partial charge in [-0.15, -0.1) is 0 Å². The lowest BCUT2D eigenvalue weighted by Gasteiger charge is -2.55. The molecule has 2 aromatic carbocycles. The van der Waals surface area contributed by atoms with E-state index in [-0.39, 0.29) is 12.0 Å². The minimum atomic E-state index is -1.02. The van der Waals surface area contributed by atoms with E-state index in [4.69, 9.17) is 21.7 Å². The molecule has 2 bridgehead atoms. The predicted octanol–water partition coefficient (Wildman–Crippen LogP) is 4.48. The van der Waals surface area contributed by atoms with Crippen LogP contribution in [0.15, 0.2) is 46.9 Å². The number of hydrogen-bond donors (Lipinski definition) is 1. The van der Waals surface area contributed by atoms with Gasteiger partial charge in [0.2, 0.25) is 5.72 Å². The standard InChI is InChI=1S/C21H21BrN2O3S/c1-4-26-19(25)17-18-15-11-13(22)8-9-16(15)27-21(17,3)24(20(28)23-18)14-7-5-6-12(2)10-14/h5-11,17-18H,4H2,1-3H3,(H,23,28)/t17-,18-,21+/m1/s1. The van der Waals surface area contributed by atoms with Crippen LogP contribution < -0.4 is 15.0 Å². The van der Waals surface area contributed by atoms with Crippen molar-refractivity contribution >= 4 is 44.9 Å². The third-order valence-electron chi connectivity index (χ3n) is 5.26. The molecule has 0 aromatic heterocycles. The second-order valence-corrected chi connectivity index (χ2v) is 8.47. The highest BCUT2D eigenvalue weighted by atomic mass is 79.9. The van der Waals surface area contributed by atoms with Crippen molar-refractivity contribution in [2.75, 3.05) is 11.5 Å². The molecule has 2 aliphatic rings. The molecular formula is C21H21BrN2O3S. The summed E-state index contributed by atoms with van der Waals surface area (Å²) < 4.78 is 12.8. The minimum absolute atomic E-state index is 0.304. The Bertz CT molecular complexity index is 966. The Morgan fingerprint density at radius 3 is 2.86 bits per heavy atom. The SMILES string of the molecule is CCOC(=O)[C@H]1[C@@H]2NC(=S)N(c3cccc(C)c3)[C@@]1(C)Oc1ccc(Br)cc12. The Balaban J connectivity index is 1.90. The second-order valence-electron chi connectivity index (χ2n) is 7.17. The fourth-order valence-corrected chi connectivity index (χ4v) is 4.90. The van der Waals surface area contributed by atoms with Gasteiger partial charge < -0.3 is 14.8 Å². The molecule has 1 saturated heterocycles. The van der Waals surface area contributed by atoms with Crippen molar-refractivity contribution in [2.45, 2.75) is 32.5 Å². The summed E-state index contributed by atoms with van der Waals surface area (Å²) in [5.74, 6) is -0.182. The number of nitrogens with zero attached hydrogens (tertiary/aromatic N) is 1. The summed E-state index contributed by atoms with van der Waals surface area (Å²) in [6.45, 7) is 6.04. The third kappa shape index (κ3) is 2.97. The van der Waals surface area contributed by atoms with Crippen molar-refractivity contribution < 1.29 is 14.3 Å². The highest BCUT2D eigenvalue weighted by Gasteiger charge is 2.59. The van der Waals surface area contributed by atoms with Crippen LogP contribution in [-0.4, -0.2) is 23.4 Å². The Hall–Kier alpha value is -2.12. The first-order valence-corrected chi connectivity index (χ1v) is 10.4. The maximum Gasteiger partial charge on any atom is 0.317 e. The molecule has 0 aliphatic carbocycles. The summed E-state index contributed by atoms with van der Waals surface area (Å²) in [7, 11) is 0. The average molecular weight is 461 g/mol. The van der Waals surface area contributed by atoms with Crippen molar-refractivity contribution in [3.8, 4) is 5.75 Å². The largest absolute Gasteiger partial charge is 0.466 e. The lowest BCUT2D eigenvalue weighted by Crippen LogP contribution is -2.71. The Kier molecular flexibility index (Phi) is 4.83. The van der Waals surface area contributed by atoms with Gasteiger partial charge in [-0.05, 0) is 68.9 Å². The van der Waals surface area contributed by atoms with Gasteiger partial charge in [-0.25, -0.2) is 0 Å². The number of fused-ring (bicyclic) bond motifs is 4. The van der Waals surface area contributed by atoms with Crippen LogP contribution in [0.25, 0.3) is 0 Å². The van der Waals surface area contributed by atoms with E-state index in [1.807, 2.05) is 61.2 Å². The summed E-state index contributed by atoms with van der Waals surface area (Å²) in [6.07, 6.45) is 0. The molecule has 0 saturated carbocycles. The molecule has 3 atom stereocenters. The lowest BCUT2D eigenvalue weighted by molar-refractivity contribution is -0.159. The lowest BCUT2D eigenvalue weighted by atomic mass is 9.79. The molecule has 2 aromatic rings. The Labute approximate surface area is 178 Å². The van der Waals surface area contributed by atoms with Gasteiger partial charge in [-0.2, -0.15) is 0 Å². The number of carbonyl (C=O) groups is 1. The molecule has 2 heterocycles. The molecule has 7 heteroatoms. The van der Waals surface area contributed by atoms with Crippen molar-refractivity contribution in [1.82, 2.24) is 5.32 Å². The van der Waals surface area contributed by atoms with Gasteiger partial charge in [0.25, 0.3) is 0 Å². The molecule has 1 N–H and O–H groups in total. The van der Waals surface area contributed by atoms with Crippen molar-refractivity contribution in [3.05, 3.63) is 58.1 Å². The van der Waals surface area contributed by atoms with Gasteiger partial charge in [0.05, 0.1) is 12.6 Å². The first-order valence-electron chi connectivity index (χ1n) is 9.17. The number of aryl methyl sites for hydroxylation is 1. The number of esters is 1. The molecule has 0 spiro atoms. The van der Waals surface area contributed by atoms with E-state index in [2.05, 4.69) is 21.2 Å². The fourth-order valence-electron chi connectivity index (χ4n) is 4.10. The van der Waals surface area contributed by atoms with Crippen LogP contribution in [0, 0.1) is 12.8 Å². The smallest absolute Gasteiger partial charge is 0.317 e. The fraction of sp³-hybridized carbons (Fsp3) is 0.333. The third-order valence-corrected chi connectivity index (χ3v) is 6.05. The number of ether oxygens (including phenoxy) is 2. The number of benzene rings is 2. The number of hydrogen-bond acceptors (Lipinski definition) is 4. The van der Waals surface area contributed by atoms with E-state index in [0.29, 0.717) is 11.7 Å². The van der Waals surface area contributed by atoms with Gasteiger partial charge in [0, 0.05) is 15.7 Å². The zero-order valence-electron chi connectivity index (χ0n) is 15.9. The van der Waals surface area contributed by atoms with Crippen LogP contribution in [0.4, 0.5) is 5.69 Å². The highest BCUT2D eigenvalue weighted by molar-refractivity contribution is 9.10. The normalized spacial score (nSPS) is 25.4. The summed E-state index contributed by atoms with van der Waals surface area (Å²) in [4.78, 5) is 14.9. The highest BCUT2D eigenvalue weighted by Crippen LogP contribution is 2.50. The maximum atomic E-state index is 13.0. The topological polar surface area (TPSA) is 50.8 Å². The molecule has 1 fully saturated rings. The number of carbonyl (C=O) groups excluding carboxylic acids is 1. The quantitative estimate of drug-likeness (QED) is 0.538. The van der Waals surface area contributed by atoms with Crippen LogP contribution in [0.2, 0.25) is 0 Å². The Morgan fingerprint density at radius 1 is 1.36 bits per heavy atom. The number of halogens is 1. The van der Waals surface area contributed by atoms with Crippen LogP contribution in [0.3, 0.4) is 0 Å². The number of rotatable bonds is 3. The van der Waals surface area contributed by atoms with Gasteiger partial charge in [0.15, 0.2) is 5.11 Å². The monoisotopic (exact) mass is 460 g/mol. The van der Waals surface area contributed by atoms with Gasteiger partial charge in [0.1, 0.15) is 11.7 Å². The number of nitrogens with one attached hydrogen (secondary N) is 1. The number of thiocarbonyl (C=S) groups is 1. The summed E-state index contributed by atoms with van der Waals surface area (Å²) in [6, 6.07) is 13.5.